The molecule has 0 spiro atoms. The van der Waals surface area contributed by atoms with Crippen molar-refractivity contribution in [3.05, 3.63) is 24.0 Å². The van der Waals surface area contributed by atoms with Crippen LogP contribution in [0.4, 0.5) is 10.3 Å². The van der Waals surface area contributed by atoms with Crippen LogP contribution in [0.3, 0.4) is 0 Å². The summed E-state index contributed by atoms with van der Waals surface area (Å²) in [4.78, 5) is 9.51. The van der Waals surface area contributed by atoms with E-state index >= 15 is 0 Å². The second-order valence-electron chi connectivity index (χ2n) is 4.33. The van der Waals surface area contributed by atoms with E-state index in [9.17, 15) is 4.39 Å². The van der Waals surface area contributed by atoms with Gasteiger partial charge in [0.1, 0.15) is 5.82 Å². The van der Waals surface area contributed by atoms with E-state index in [0.29, 0.717) is 5.95 Å². The summed E-state index contributed by atoms with van der Waals surface area (Å²) in [7, 11) is 4.09. The Kier molecular flexibility index (Phi) is 3.58. The van der Waals surface area contributed by atoms with E-state index in [4.69, 9.17) is 0 Å². The highest BCUT2D eigenvalue weighted by Gasteiger charge is 2.02. The molecule has 0 amide bonds. The molecule has 0 aliphatic carbocycles. The summed E-state index contributed by atoms with van der Waals surface area (Å²) in [6, 6.07) is 4.54. The van der Waals surface area contributed by atoms with Gasteiger partial charge in [-0.1, -0.05) is 0 Å². The van der Waals surface area contributed by atoms with Gasteiger partial charge in [0.25, 0.3) is 0 Å². The van der Waals surface area contributed by atoms with Crippen LogP contribution < -0.4 is 5.32 Å². The topological polar surface area (TPSA) is 44.0 Å². The van der Waals surface area contributed by atoms with Crippen LogP contribution in [-0.4, -0.2) is 42.1 Å². The maximum Gasteiger partial charge on any atom is 0.201 e. The van der Waals surface area contributed by atoms with E-state index in [2.05, 4.69) is 20.2 Å². The van der Waals surface area contributed by atoms with Crippen molar-refractivity contribution in [1.29, 1.82) is 0 Å². The molecule has 0 aliphatic heterocycles. The Morgan fingerprint density at radius 2 is 2.24 bits per heavy atom. The number of aromatic amines is 1. The van der Waals surface area contributed by atoms with Gasteiger partial charge in [0.2, 0.25) is 5.95 Å². The average Bonchev–Trinajstić information content (AvgIpc) is 2.66. The third-order valence-corrected chi connectivity index (χ3v) is 2.52. The molecule has 17 heavy (non-hydrogen) atoms. The first-order valence-corrected chi connectivity index (χ1v) is 5.69. The lowest BCUT2D eigenvalue weighted by molar-refractivity contribution is 0.405. The number of hydrogen-bond acceptors (Lipinski definition) is 3. The number of rotatable bonds is 5. The summed E-state index contributed by atoms with van der Waals surface area (Å²) < 4.78 is 13.0. The lowest BCUT2D eigenvalue weighted by Crippen LogP contribution is -2.16. The van der Waals surface area contributed by atoms with Gasteiger partial charge in [-0.2, -0.15) is 0 Å². The van der Waals surface area contributed by atoms with Gasteiger partial charge in [0.05, 0.1) is 11.0 Å². The maximum absolute atomic E-state index is 13.0. The molecule has 0 radical (unpaired) electrons. The highest BCUT2D eigenvalue weighted by atomic mass is 19.1. The highest BCUT2D eigenvalue weighted by molar-refractivity contribution is 5.77. The molecule has 0 bridgehead atoms. The Labute approximate surface area is 99.8 Å². The molecule has 0 unspecified atom stereocenters. The van der Waals surface area contributed by atoms with Gasteiger partial charge in [0.15, 0.2) is 0 Å². The SMILES string of the molecule is CN(C)CCCNc1nc2ccc(F)cc2[nH]1. The zero-order valence-corrected chi connectivity index (χ0v) is 10.1. The van der Waals surface area contributed by atoms with E-state index in [1.54, 1.807) is 6.07 Å². The van der Waals surface area contributed by atoms with E-state index in [-0.39, 0.29) is 5.82 Å². The van der Waals surface area contributed by atoms with Crippen molar-refractivity contribution in [1.82, 2.24) is 14.9 Å². The molecule has 1 aromatic carbocycles. The lowest BCUT2D eigenvalue weighted by atomic mass is 10.3. The number of imidazole rings is 1. The number of H-pyrrole nitrogens is 1. The summed E-state index contributed by atoms with van der Waals surface area (Å²) in [5.41, 5.74) is 1.50. The third-order valence-electron chi connectivity index (χ3n) is 2.52. The fourth-order valence-electron chi connectivity index (χ4n) is 1.67. The van der Waals surface area contributed by atoms with Crippen molar-refractivity contribution < 1.29 is 4.39 Å². The molecule has 1 heterocycles. The smallest absolute Gasteiger partial charge is 0.201 e. The average molecular weight is 236 g/mol. The molecule has 2 rings (SSSR count). The molecule has 0 saturated carbocycles. The molecular weight excluding hydrogens is 219 g/mol. The lowest BCUT2D eigenvalue weighted by Gasteiger charge is -2.08. The molecule has 4 nitrogen and oxygen atoms in total. The van der Waals surface area contributed by atoms with Crippen molar-refractivity contribution >= 4 is 17.0 Å². The van der Waals surface area contributed by atoms with Crippen LogP contribution in [0.1, 0.15) is 6.42 Å². The normalized spacial score (nSPS) is 11.3. The van der Waals surface area contributed by atoms with Crippen molar-refractivity contribution in [2.24, 2.45) is 0 Å². The predicted molar refractivity (Wildman–Crippen MR) is 67.7 cm³/mol. The number of benzene rings is 1. The molecule has 0 aliphatic rings. The number of aromatic nitrogens is 2. The van der Waals surface area contributed by atoms with Crippen molar-refractivity contribution in [3.63, 3.8) is 0 Å². The first-order chi connectivity index (χ1) is 8.15. The molecule has 1 aromatic heterocycles. The van der Waals surface area contributed by atoms with Crippen LogP contribution in [-0.2, 0) is 0 Å². The Morgan fingerprint density at radius 1 is 1.41 bits per heavy atom. The van der Waals surface area contributed by atoms with Crippen molar-refractivity contribution in [2.45, 2.75) is 6.42 Å². The second kappa shape index (κ2) is 5.14. The van der Waals surface area contributed by atoms with E-state index in [0.717, 1.165) is 30.5 Å². The fraction of sp³-hybridized carbons (Fsp3) is 0.417. The molecule has 0 saturated heterocycles. The van der Waals surface area contributed by atoms with Gasteiger partial charge < -0.3 is 15.2 Å². The van der Waals surface area contributed by atoms with Crippen LogP contribution in [0, 0.1) is 5.82 Å². The summed E-state index contributed by atoms with van der Waals surface area (Å²) in [5, 5.41) is 3.19. The largest absolute Gasteiger partial charge is 0.356 e. The quantitative estimate of drug-likeness (QED) is 0.781. The first kappa shape index (κ1) is 11.9. The van der Waals surface area contributed by atoms with Gasteiger partial charge in [-0.15, -0.1) is 0 Å². The van der Waals surface area contributed by atoms with Gasteiger partial charge in [-0.05, 0) is 45.3 Å². The number of halogens is 1. The number of fused-ring (bicyclic) bond motifs is 1. The number of nitrogens with zero attached hydrogens (tertiary/aromatic N) is 2. The van der Waals surface area contributed by atoms with Crippen LogP contribution >= 0.6 is 0 Å². The number of hydrogen-bond donors (Lipinski definition) is 2. The monoisotopic (exact) mass is 236 g/mol. The fourth-order valence-corrected chi connectivity index (χ4v) is 1.67. The molecule has 0 atom stereocenters. The van der Waals surface area contributed by atoms with Crippen LogP contribution in [0.25, 0.3) is 11.0 Å². The minimum Gasteiger partial charge on any atom is -0.356 e. The summed E-state index contributed by atoms with van der Waals surface area (Å²) in [6.45, 7) is 1.88. The summed E-state index contributed by atoms with van der Waals surface area (Å²) in [6.07, 6.45) is 1.04. The Hall–Kier alpha value is -1.62. The number of anilines is 1. The molecule has 0 fully saturated rings. The Balaban J connectivity index is 1.95. The van der Waals surface area contributed by atoms with Crippen molar-refractivity contribution in [2.75, 3.05) is 32.5 Å². The summed E-state index contributed by atoms with van der Waals surface area (Å²) in [5.74, 6) is 0.449. The van der Waals surface area contributed by atoms with Crippen molar-refractivity contribution in [3.8, 4) is 0 Å². The molecular formula is C12H17FN4. The zero-order chi connectivity index (χ0) is 12.3. The second-order valence-corrected chi connectivity index (χ2v) is 4.33. The van der Waals surface area contributed by atoms with E-state index in [1.165, 1.54) is 12.1 Å². The minimum atomic E-state index is -0.250. The third kappa shape index (κ3) is 3.17. The van der Waals surface area contributed by atoms with Crippen LogP contribution in [0.2, 0.25) is 0 Å². The molecule has 2 N–H and O–H groups in total. The van der Waals surface area contributed by atoms with Gasteiger partial charge in [-0.3, -0.25) is 0 Å². The Bertz CT molecular complexity index is 492. The predicted octanol–water partition coefficient (Wildman–Crippen LogP) is 2.07. The minimum absolute atomic E-state index is 0.250. The highest BCUT2D eigenvalue weighted by Crippen LogP contribution is 2.15. The van der Waals surface area contributed by atoms with Crippen LogP contribution in [0.15, 0.2) is 18.2 Å². The number of nitrogens with one attached hydrogen (secondary N) is 2. The van der Waals surface area contributed by atoms with E-state index in [1.807, 2.05) is 14.1 Å². The zero-order valence-electron chi connectivity index (χ0n) is 10.1. The first-order valence-electron chi connectivity index (χ1n) is 5.69. The standard InChI is InChI=1S/C12H17FN4/c1-17(2)7-3-6-14-12-15-10-5-4-9(13)8-11(10)16-12/h4-5,8H,3,6-7H2,1-2H3,(H2,14,15,16). The van der Waals surface area contributed by atoms with Gasteiger partial charge >= 0.3 is 0 Å². The van der Waals surface area contributed by atoms with E-state index < -0.39 is 0 Å². The van der Waals surface area contributed by atoms with Gasteiger partial charge in [-0.25, -0.2) is 9.37 Å². The summed E-state index contributed by atoms with van der Waals surface area (Å²) >= 11 is 0. The molecule has 5 heteroatoms. The molecule has 92 valence electrons. The Morgan fingerprint density at radius 3 is 3.00 bits per heavy atom. The van der Waals surface area contributed by atoms with Gasteiger partial charge in [0, 0.05) is 6.54 Å². The molecule has 2 aromatic rings. The maximum atomic E-state index is 13.0. The van der Waals surface area contributed by atoms with Crippen LogP contribution in [0.5, 0.6) is 0 Å².